The molecule has 3 amide bonds. The number of methoxy groups -OCH3 is 1. The van der Waals surface area contributed by atoms with Crippen LogP contribution in [0.2, 0.25) is 5.02 Å². The maximum Gasteiger partial charge on any atom is 0.272 e. The molecule has 0 aromatic heterocycles. The molecule has 0 fully saturated rings. The number of benzene rings is 4. The van der Waals surface area contributed by atoms with Crippen molar-refractivity contribution in [2.75, 3.05) is 17.7 Å². The average Bonchev–Trinajstić information content (AvgIpc) is 2.97. The van der Waals surface area contributed by atoms with Crippen molar-refractivity contribution >= 4 is 58.5 Å². The van der Waals surface area contributed by atoms with Gasteiger partial charge in [0.2, 0.25) is 5.91 Å². The lowest BCUT2D eigenvalue weighted by Gasteiger charge is -2.14. The number of anilines is 2. The average molecular weight is 600 g/mol. The van der Waals surface area contributed by atoms with Crippen molar-refractivity contribution in [3.05, 3.63) is 124 Å². The molecule has 4 aromatic carbocycles. The Bertz CT molecular complexity index is 1620. The van der Waals surface area contributed by atoms with Gasteiger partial charge >= 0.3 is 0 Å². The second-order valence-electron chi connectivity index (χ2n) is 9.37. The fourth-order valence-electron chi connectivity index (χ4n) is 3.96. The first-order valence-corrected chi connectivity index (χ1v) is 14.3. The van der Waals surface area contributed by atoms with Crippen LogP contribution in [-0.2, 0) is 9.59 Å². The summed E-state index contributed by atoms with van der Waals surface area (Å²) in [7, 11) is 1.52. The van der Waals surface area contributed by atoms with Crippen molar-refractivity contribution in [3.8, 4) is 5.75 Å². The minimum atomic E-state index is -0.481. The molecule has 4 rings (SSSR count). The molecule has 9 heteroatoms. The standard InChI is InChI=1S/C33H30ClN3O4S/c1-21-9-7-10-23(17-21)18-29(37-32(39)24-11-5-4-6-12-24)33(40)36-25-13-8-14-27(19-25)42-22(2)31(38)35-26-15-16-30(41-3)28(34)20-26/h4-20,22H,1-3H3,(H,35,38)(H,36,40)(H,37,39)/b29-18+. The van der Waals surface area contributed by atoms with Gasteiger partial charge in [0, 0.05) is 21.8 Å². The summed E-state index contributed by atoms with van der Waals surface area (Å²) in [6.07, 6.45) is 1.64. The largest absolute Gasteiger partial charge is 0.495 e. The highest BCUT2D eigenvalue weighted by Gasteiger charge is 2.18. The first kappa shape index (κ1) is 30.4. The Kier molecular flexibility index (Phi) is 10.4. The number of halogens is 1. The Morgan fingerprint density at radius 1 is 0.857 bits per heavy atom. The highest BCUT2D eigenvalue weighted by Crippen LogP contribution is 2.29. The van der Waals surface area contributed by atoms with Crippen molar-refractivity contribution in [1.29, 1.82) is 0 Å². The Balaban J connectivity index is 1.46. The van der Waals surface area contributed by atoms with E-state index in [1.165, 1.54) is 18.9 Å². The van der Waals surface area contributed by atoms with Crippen molar-refractivity contribution in [1.82, 2.24) is 5.32 Å². The van der Waals surface area contributed by atoms with E-state index < -0.39 is 17.1 Å². The van der Waals surface area contributed by atoms with E-state index in [4.69, 9.17) is 16.3 Å². The fourth-order valence-corrected chi connectivity index (χ4v) is 5.14. The minimum absolute atomic E-state index is 0.0957. The summed E-state index contributed by atoms with van der Waals surface area (Å²) in [6, 6.07) is 28.5. The third kappa shape index (κ3) is 8.49. The predicted octanol–water partition coefficient (Wildman–Crippen LogP) is 7.19. The van der Waals surface area contributed by atoms with Gasteiger partial charge < -0.3 is 20.7 Å². The lowest BCUT2D eigenvalue weighted by molar-refractivity contribution is -0.115. The monoisotopic (exact) mass is 599 g/mol. The van der Waals surface area contributed by atoms with E-state index in [1.807, 2.05) is 43.3 Å². The van der Waals surface area contributed by atoms with Gasteiger partial charge in [0.05, 0.1) is 17.4 Å². The zero-order valence-corrected chi connectivity index (χ0v) is 24.9. The lowest BCUT2D eigenvalue weighted by Crippen LogP contribution is -2.30. The predicted molar refractivity (Wildman–Crippen MR) is 170 cm³/mol. The van der Waals surface area contributed by atoms with Gasteiger partial charge in [0.15, 0.2) is 0 Å². The summed E-state index contributed by atoms with van der Waals surface area (Å²) in [5.74, 6) is -0.563. The van der Waals surface area contributed by atoms with E-state index in [-0.39, 0.29) is 11.6 Å². The maximum atomic E-state index is 13.4. The molecule has 7 nitrogen and oxygen atoms in total. The Morgan fingerprint density at radius 3 is 2.31 bits per heavy atom. The zero-order chi connectivity index (χ0) is 30.1. The van der Waals surface area contributed by atoms with Gasteiger partial charge in [-0.25, -0.2) is 0 Å². The smallest absolute Gasteiger partial charge is 0.272 e. The second kappa shape index (κ2) is 14.4. The van der Waals surface area contributed by atoms with E-state index in [0.717, 1.165) is 16.0 Å². The highest BCUT2D eigenvalue weighted by atomic mass is 35.5. The van der Waals surface area contributed by atoms with Crippen LogP contribution in [0.3, 0.4) is 0 Å². The van der Waals surface area contributed by atoms with Gasteiger partial charge in [-0.3, -0.25) is 14.4 Å². The van der Waals surface area contributed by atoms with Crippen molar-refractivity contribution in [2.24, 2.45) is 0 Å². The van der Waals surface area contributed by atoms with Gasteiger partial charge in [-0.1, -0.05) is 65.7 Å². The number of hydrogen-bond donors (Lipinski definition) is 3. The minimum Gasteiger partial charge on any atom is -0.495 e. The molecule has 0 spiro atoms. The van der Waals surface area contributed by atoms with Crippen LogP contribution in [0.5, 0.6) is 5.75 Å². The number of carbonyl (C=O) groups is 3. The molecule has 0 radical (unpaired) electrons. The van der Waals surface area contributed by atoms with Crippen LogP contribution in [0.1, 0.15) is 28.4 Å². The molecule has 214 valence electrons. The van der Waals surface area contributed by atoms with Gasteiger partial charge in [0.1, 0.15) is 11.4 Å². The maximum absolute atomic E-state index is 13.4. The second-order valence-corrected chi connectivity index (χ2v) is 11.2. The molecule has 4 aromatic rings. The molecule has 0 bridgehead atoms. The summed E-state index contributed by atoms with van der Waals surface area (Å²) < 4.78 is 5.16. The summed E-state index contributed by atoms with van der Waals surface area (Å²) in [6.45, 7) is 3.74. The van der Waals surface area contributed by atoms with Crippen LogP contribution >= 0.6 is 23.4 Å². The van der Waals surface area contributed by atoms with E-state index in [9.17, 15) is 14.4 Å². The zero-order valence-electron chi connectivity index (χ0n) is 23.3. The van der Waals surface area contributed by atoms with E-state index in [2.05, 4.69) is 16.0 Å². The highest BCUT2D eigenvalue weighted by molar-refractivity contribution is 8.00. The first-order chi connectivity index (χ1) is 20.2. The van der Waals surface area contributed by atoms with E-state index in [1.54, 1.807) is 73.7 Å². The molecular formula is C33H30ClN3O4S. The van der Waals surface area contributed by atoms with E-state index >= 15 is 0 Å². The van der Waals surface area contributed by atoms with Gasteiger partial charge in [-0.15, -0.1) is 11.8 Å². The summed E-state index contributed by atoms with van der Waals surface area (Å²) in [4.78, 5) is 39.9. The quantitative estimate of drug-likeness (QED) is 0.132. The molecule has 0 saturated carbocycles. The van der Waals surface area contributed by atoms with Crippen LogP contribution in [0, 0.1) is 6.92 Å². The Hall–Kier alpha value is -4.53. The van der Waals surface area contributed by atoms with Crippen molar-refractivity contribution in [2.45, 2.75) is 24.0 Å². The number of amides is 3. The number of aryl methyl sites for hydroxylation is 1. The van der Waals surface area contributed by atoms with Crippen LogP contribution in [0.4, 0.5) is 11.4 Å². The number of thioether (sulfide) groups is 1. The van der Waals surface area contributed by atoms with Crippen molar-refractivity contribution in [3.63, 3.8) is 0 Å². The molecule has 0 saturated heterocycles. The Morgan fingerprint density at radius 2 is 1.60 bits per heavy atom. The molecular weight excluding hydrogens is 570 g/mol. The summed E-state index contributed by atoms with van der Waals surface area (Å²) in [5.41, 5.74) is 3.40. The fraction of sp³-hybridized carbons (Fsp3) is 0.121. The first-order valence-electron chi connectivity index (χ1n) is 13.1. The van der Waals surface area contributed by atoms with Gasteiger partial charge in [-0.05, 0) is 74.0 Å². The lowest BCUT2D eigenvalue weighted by atomic mass is 10.1. The summed E-state index contributed by atoms with van der Waals surface area (Å²) >= 11 is 7.51. The number of rotatable bonds is 10. The molecule has 0 aliphatic carbocycles. The topological polar surface area (TPSA) is 96.5 Å². The Labute approximate surface area is 254 Å². The van der Waals surface area contributed by atoms with E-state index in [0.29, 0.717) is 27.7 Å². The molecule has 1 atom stereocenters. The SMILES string of the molecule is COc1ccc(NC(=O)C(C)Sc2cccc(NC(=O)/C(=C\c3cccc(C)c3)NC(=O)c3ccccc3)c2)cc1Cl. The third-order valence-electron chi connectivity index (χ3n) is 6.08. The molecule has 0 aliphatic rings. The van der Waals surface area contributed by atoms with Crippen LogP contribution in [0.25, 0.3) is 6.08 Å². The number of hydrogen-bond acceptors (Lipinski definition) is 5. The van der Waals surface area contributed by atoms with Crippen LogP contribution < -0.4 is 20.7 Å². The normalized spacial score (nSPS) is 11.8. The third-order valence-corrected chi connectivity index (χ3v) is 7.46. The van der Waals surface area contributed by atoms with Gasteiger partial charge in [0.25, 0.3) is 11.8 Å². The number of ether oxygens (including phenoxy) is 1. The summed E-state index contributed by atoms with van der Waals surface area (Å²) in [5, 5.41) is 8.43. The van der Waals surface area contributed by atoms with Crippen molar-refractivity contribution < 1.29 is 19.1 Å². The molecule has 42 heavy (non-hydrogen) atoms. The molecule has 1 unspecified atom stereocenters. The molecule has 0 aliphatic heterocycles. The van der Waals surface area contributed by atoms with Gasteiger partial charge in [-0.2, -0.15) is 0 Å². The van der Waals surface area contributed by atoms with Crippen LogP contribution in [-0.4, -0.2) is 30.1 Å². The number of nitrogens with one attached hydrogen (secondary N) is 3. The molecule has 0 heterocycles. The van der Waals surface area contributed by atoms with Crippen LogP contribution in [0.15, 0.2) is 108 Å². The number of carbonyl (C=O) groups excluding carboxylic acids is 3. The molecule has 3 N–H and O–H groups in total.